The maximum Gasteiger partial charge on any atom is 0.232 e. The second-order valence-electron chi connectivity index (χ2n) is 5.77. The monoisotopic (exact) mass is 300 g/mol. The number of carbonyl (C=O) groups is 1. The predicted molar refractivity (Wildman–Crippen MR) is 82.5 cm³/mol. The first kappa shape index (κ1) is 14.6. The van der Waals surface area contributed by atoms with Crippen molar-refractivity contribution in [2.75, 3.05) is 18.5 Å². The van der Waals surface area contributed by atoms with E-state index in [0.717, 1.165) is 12.1 Å². The minimum Gasteiger partial charge on any atom is -0.425 e. The minimum atomic E-state index is 0.0150. The number of amides is 1. The molecule has 1 unspecified atom stereocenters. The molecule has 1 aliphatic heterocycles. The van der Waals surface area contributed by atoms with E-state index in [1.807, 2.05) is 17.0 Å². The number of carbonyl (C=O) groups excluding carboxylic acids is 1. The van der Waals surface area contributed by atoms with Crippen LogP contribution in [0.2, 0.25) is 0 Å². The number of para-hydroxylation sites is 1. The third-order valence-electron chi connectivity index (χ3n) is 4.00. The van der Waals surface area contributed by atoms with Crippen molar-refractivity contribution in [3.63, 3.8) is 0 Å². The van der Waals surface area contributed by atoms with E-state index in [1.54, 1.807) is 6.92 Å². The van der Waals surface area contributed by atoms with Crippen LogP contribution in [0.25, 0.3) is 0 Å². The highest BCUT2D eigenvalue weighted by Crippen LogP contribution is 2.26. The lowest BCUT2D eigenvalue weighted by atomic mass is 10.1. The highest BCUT2D eigenvalue weighted by atomic mass is 16.4. The quantitative estimate of drug-likeness (QED) is 0.846. The number of aryl methyl sites for hydroxylation is 1. The summed E-state index contributed by atoms with van der Waals surface area (Å²) in [6.07, 6.45) is 0.150. The van der Waals surface area contributed by atoms with E-state index in [9.17, 15) is 4.79 Å². The number of likely N-dealkylation sites (N-methyl/N-ethyl adjacent to an activating group) is 1. The first-order valence-electron chi connectivity index (χ1n) is 7.42. The van der Waals surface area contributed by atoms with Gasteiger partial charge in [0.2, 0.25) is 17.7 Å². The average Bonchev–Trinajstić information content (AvgIpc) is 2.84. The molecule has 0 saturated heterocycles. The molecule has 0 aliphatic carbocycles. The molecule has 22 heavy (non-hydrogen) atoms. The number of hydrogen-bond acceptors (Lipinski definition) is 5. The Balaban J connectivity index is 1.82. The minimum absolute atomic E-state index is 0.0150. The van der Waals surface area contributed by atoms with E-state index in [4.69, 9.17) is 4.42 Å². The third-order valence-corrected chi connectivity index (χ3v) is 4.00. The van der Waals surface area contributed by atoms with Crippen molar-refractivity contribution in [3.8, 4) is 0 Å². The standard InChI is InChI=1S/C16H20N4O2/c1-11-9-19(3)14-7-5-4-6-13(14)10-20(11)16(21)8-15-18-17-12(2)22-15/h4-7,11H,8-10H2,1-3H3. The summed E-state index contributed by atoms with van der Waals surface area (Å²) in [5.74, 6) is 0.874. The van der Waals surface area contributed by atoms with Crippen molar-refractivity contribution < 1.29 is 9.21 Å². The zero-order valence-electron chi connectivity index (χ0n) is 13.1. The van der Waals surface area contributed by atoms with E-state index in [1.165, 1.54) is 5.69 Å². The summed E-state index contributed by atoms with van der Waals surface area (Å²) in [4.78, 5) is 16.7. The predicted octanol–water partition coefficient (Wildman–Crippen LogP) is 1.79. The van der Waals surface area contributed by atoms with Gasteiger partial charge in [-0.25, -0.2) is 0 Å². The summed E-state index contributed by atoms with van der Waals surface area (Å²) in [7, 11) is 2.06. The number of rotatable bonds is 2. The van der Waals surface area contributed by atoms with Gasteiger partial charge < -0.3 is 14.2 Å². The molecule has 116 valence electrons. The molecule has 0 radical (unpaired) electrons. The Kier molecular flexibility index (Phi) is 3.83. The van der Waals surface area contributed by atoms with Crippen LogP contribution in [0.4, 0.5) is 5.69 Å². The number of aromatic nitrogens is 2. The molecule has 1 aromatic heterocycles. The van der Waals surface area contributed by atoms with Gasteiger partial charge in [0.15, 0.2) is 0 Å². The molecule has 6 nitrogen and oxygen atoms in total. The SMILES string of the molecule is Cc1nnc(CC(=O)N2Cc3ccccc3N(C)CC2C)o1. The zero-order valence-corrected chi connectivity index (χ0v) is 13.1. The highest BCUT2D eigenvalue weighted by Gasteiger charge is 2.27. The van der Waals surface area contributed by atoms with E-state index < -0.39 is 0 Å². The van der Waals surface area contributed by atoms with Crippen molar-refractivity contribution in [2.24, 2.45) is 0 Å². The number of anilines is 1. The van der Waals surface area contributed by atoms with Gasteiger partial charge in [-0.1, -0.05) is 18.2 Å². The summed E-state index contributed by atoms with van der Waals surface area (Å²) >= 11 is 0. The number of fused-ring (bicyclic) bond motifs is 1. The van der Waals surface area contributed by atoms with Crippen molar-refractivity contribution >= 4 is 11.6 Å². The molecule has 1 atom stereocenters. The smallest absolute Gasteiger partial charge is 0.232 e. The largest absolute Gasteiger partial charge is 0.425 e. The summed E-state index contributed by atoms with van der Waals surface area (Å²) in [6, 6.07) is 8.32. The topological polar surface area (TPSA) is 62.5 Å². The summed E-state index contributed by atoms with van der Waals surface area (Å²) < 4.78 is 5.32. The summed E-state index contributed by atoms with van der Waals surface area (Å²) in [5.41, 5.74) is 2.34. The highest BCUT2D eigenvalue weighted by molar-refractivity contribution is 5.78. The van der Waals surface area contributed by atoms with Crippen LogP contribution in [0.5, 0.6) is 0 Å². The Bertz CT molecular complexity index is 682. The molecular formula is C16H20N4O2. The van der Waals surface area contributed by atoms with Gasteiger partial charge in [-0.2, -0.15) is 0 Å². The summed E-state index contributed by atoms with van der Waals surface area (Å²) in [5, 5.41) is 7.69. The van der Waals surface area contributed by atoms with Crippen LogP contribution in [0, 0.1) is 6.92 Å². The maximum absolute atomic E-state index is 12.6. The van der Waals surface area contributed by atoms with Crippen LogP contribution in [0.1, 0.15) is 24.3 Å². The molecule has 1 aliphatic rings. The van der Waals surface area contributed by atoms with Gasteiger partial charge in [0.05, 0.1) is 0 Å². The summed E-state index contributed by atoms with van der Waals surface area (Å²) in [6.45, 7) is 5.19. The van der Waals surface area contributed by atoms with Gasteiger partial charge in [-0.3, -0.25) is 4.79 Å². The van der Waals surface area contributed by atoms with E-state index in [2.05, 4.69) is 41.2 Å². The average molecular weight is 300 g/mol. The van der Waals surface area contributed by atoms with Crippen molar-refractivity contribution in [2.45, 2.75) is 32.9 Å². The molecule has 2 aromatic rings. The first-order valence-corrected chi connectivity index (χ1v) is 7.42. The van der Waals surface area contributed by atoms with Crippen LogP contribution in [0.3, 0.4) is 0 Å². The normalized spacial score (nSPS) is 18.0. The van der Waals surface area contributed by atoms with Gasteiger partial charge in [0.1, 0.15) is 6.42 Å². The fourth-order valence-corrected chi connectivity index (χ4v) is 2.92. The van der Waals surface area contributed by atoms with Crippen molar-refractivity contribution in [1.82, 2.24) is 15.1 Å². The molecule has 0 N–H and O–H groups in total. The zero-order chi connectivity index (χ0) is 15.7. The number of benzene rings is 1. The van der Waals surface area contributed by atoms with Crippen molar-refractivity contribution in [3.05, 3.63) is 41.6 Å². The van der Waals surface area contributed by atoms with Crippen LogP contribution in [0.15, 0.2) is 28.7 Å². The molecule has 3 rings (SSSR count). The molecule has 0 saturated carbocycles. The van der Waals surface area contributed by atoms with Gasteiger partial charge in [0.25, 0.3) is 0 Å². The van der Waals surface area contributed by atoms with Gasteiger partial charge >= 0.3 is 0 Å². The Hall–Kier alpha value is -2.37. The molecule has 1 aromatic carbocycles. The van der Waals surface area contributed by atoms with Crippen molar-refractivity contribution in [1.29, 1.82) is 0 Å². The van der Waals surface area contributed by atoms with Crippen LogP contribution in [-0.4, -0.2) is 40.6 Å². The number of nitrogens with zero attached hydrogens (tertiary/aromatic N) is 4. The van der Waals surface area contributed by atoms with Crippen LogP contribution < -0.4 is 4.90 Å². The Morgan fingerprint density at radius 3 is 2.86 bits per heavy atom. The Morgan fingerprint density at radius 1 is 1.36 bits per heavy atom. The van der Waals surface area contributed by atoms with Gasteiger partial charge in [-0.15, -0.1) is 10.2 Å². The molecular weight excluding hydrogens is 280 g/mol. The number of hydrogen-bond donors (Lipinski definition) is 0. The molecule has 0 spiro atoms. The molecule has 0 fully saturated rings. The Labute approximate surface area is 129 Å². The van der Waals surface area contributed by atoms with Crippen LogP contribution in [-0.2, 0) is 17.8 Å². The third kappa shape index (κ3) is 2.81. The molecule has 2 heterocycles. The van der Waals surface area contributed by atoms with Crippen LogP contribution >= 0.6 is 0 Å². The fourth-order valence-electron chi connectivity index (χ4n) is 2.92. The van der Waals surface area contributed by atoms with E-state index >= 15 is 0 Å². The molecule has 1 amide bonds. The lowest BCUT2D eigenvalue weighted by Crippen LogP contribution is -2.42. The Morgan fingerprint density at radius 2 is 2.14 bits per heavy atom. The molecule has 6 heteroatoms. The van der Waals surface area contributed by atoms with E-state index in [-0.39, 0.29) is 18.4 Å². The second-order valence-corrected chi connectivity index (χ2v) is 5.77. The maximum atomic E-state index is 12.6. The van der Waals surface area contributed by atoms with Gasteiger partial charge in [-0.05, 0) is 18.6 Å². The lowest BCUT2D eigenvalue weighted by Gasteiger charge is -2.28. The second kappa shape index (κ2) is 5.79. The lowest BCUT2D eigenvalue weighted by molar-refractivity contribution is -0.133. The van der Waals surface area contributed by atoms with Gasteiger partial charge in [0, 0.05) is 38.8 Å². The fraction of sp³-hybridized carbons (Fsp3) is 0.438. The molecule has 0 bridgehead atoms. The van der Waals surface area contributed by atoms with E-state index in [0.29, 0.717) is 18.3 Å². The first-order chi connectivity index (χ1) is 10.5.